The molecule has 0 bridgehead atoms. The maximum absolute atomic E-state index is 13.1. The van der Waals surface area contributed by atoms with E-state index in [0.717, 1.165) is 73.5 Å². The molecule has 33 heavy (non-hydrogen) atoms. The Morgan fingerprint density at radius 2 is 2.06 bits per heavy atom. The van der Waals surface area contributed by atoms with Gasteiger partial charge in [0.05, 0.1) is 30.5 Å². The van der Waals surface area contributed by atoms with Gasteiger partial charge in [-0.25, -0.2) is 9.50 Å². The van der Waals surface area contributed by atoms with Crippen molar-refractivity contribution in [2.45, 2.75) is 31.3 Å². The molecule has 2 unspecified atom stereocenters. The van der Waals surface area contributed by atoms with Gasteiger partial charge < -0.3 is 10.1 Å². The molecule has 2 atom stereocenters. The predicted octanol–water partition coefficient (Wildman–Crippen LogP) is 2.83. The number of hydrogen-bond donors (Lipinski definition) is 2. The number of carbonyl (C=O) groups excluding carboxylic acids is 1. The van der Waals surface area contributed by atoms with Crippen LogP contribution in [0.2, 0.25) is 0 Å². The van der Waals surface area contributed by atoms with E-state index in [9.17, 15) is 4.79 Å². The number of fused-ring (bicyclic) bond motifs is 1. The van der Waals surface area contributed by atoms with Crippen molar-refractivity contribution in [1.29, 1.82) is 0 Å². The lowest BCUT2D eigenvalue weighted by atomic mass is 10.1. The number of thiophene rings is 1. The van der Waals surface area contributed by atoms with E-state index < -0.39 is 0 Å². The molecule has 2 N–H and O–H groups in total. The molecule has 9 nitrogen and oxygen atoms in total. The average molecular weight is 464 g/mol. The van der Waals surface area contributed by atoms with Crippen molar-refractivity contribution in [3.63, 3.8) is 0 Å². The molecule has 1 amide bonds. The first kappa shape index (κ1) is 20.5. The number of H-pyrrole nitrogens is 1. The van der Waals surface area contributed by atoms with Crippen molar-refractivity contribution in [3.8, 4) is 22.3 Å². The number of amides is 1. The molecule has 4 aromatic heterocycles. The van der Waals surface area contributed by atoms with Gasteiger partial charge >= 0.3 is 0 Å². The Bertz CT molecular complexity index is 1260. The Morgan fingerprint density at radius 3 is 2.91 bits per heavy atom. The molecule has 10 heteroatoms. The summed E-state index contributed by atoms with van der Waals surface area (Å²) < 4.78 is 7.26. The molecule has 1 saturated heterocycles. The molecule has 1 aliphatic heterocycles. The fourth-order valence-corrected chi connectivity index (χ4v) is 5.74. The van der Waals surface area contributed by atoms with Crippen LogP contribution in [0, 0.1) is 0 Å². The summed E-state index contributed by atoms with van der Waals surface area (Å²) in [7, 11) is 0. The first-order valence-electron chi connectivity index (χ1n) is 11.3. The highest BCUT2D eigenvalue weighted by molar-refractivity contribution is 7.12. The number of aromatic amines is 1. The fraction of sp³-hybridized carbons (Fsp3) is 0.391. The van der Waals surface area contributed by atoms with E-state index in [-0.39, 0.29) is 11.9 Å². The van der Waals surface area contributed by atoms with Crippen LogP contribution in [-0.4, -0.2) is 74.0 Å². The lowest BCUT2D eigenvalue weighted by molar-refractivity contribution is 0.0126. The number of carbonyl (C=O) groups is 1. The Labute approximate surface area is 194 Å². The standard InChI is InChI=1S/C23H25N7O2S/c31-23(28-19-2-1-3-20(19)29-4-6-32-7-5-29)21-8-15(14-33-21)18-12-27-30-13-17(9-24-22(18)30)16-10-25-26-11-16/h8-14,19-20H,1-7H2,(H,25,26)(H,28,31). The predicted molar refractivity (Wildman–Crippen MR) is 125 cm³/mol. The van der Waals surface area contributed by atoms with E-state index in [1.807, 2.05) is 30.0 Å². The van der Waals surface area contributed by atoms with Crippen LogP contribution in [0.15, 0.2) is 42.4 Å². The monoisotopic (exact) mass is 463 g/mol. The van der Waals surface area contributed by atoms with E-state index in [1.54, 1.807) is 16.9 Å². The third kappa shape index (κ3) is 3.94. The second kappa shape index (κ2) is 8.69. The number of morpholine rings is 1. The van der Waals surface area contributed by atoms with E-state index in [1.165, 1.54) is 11.3 Å². The lowest BCUT2D eigenvalue weighted by Gasteiger charge is -2.35. The topological polar surface area (TPSA) is 100 Å². The first-order valence-corrected chi connectivity index (χ1v) is 12.2. The number of hydrogen-bond acceptors (Lipinski definition) is 7. The molecule has 0 spiro atoms. The zero-order valence-electron chi connectivity index (χ0n) is 18.1. The molecule has 1 saturated carbocycles. The van der Waals surface area contributed by atoms with Gasteiger partial charge in [0.15, 0.2) is 5.65 Å². The zero-order valence-corrected chi connectivity index (χ0v) is 18.9. The van der Waals surface area contributed by atoms with Crippen LogP contribution in [-0.2, 0) is 4.74 Å². The van der Waals surface area contributed by atoms with Crippen LogP contribution in [0.25, 0.3) is 27.9 Å². The quantitative estimate of drug-likeness (QED) is 0.472. The molecular formula is C23H25N7O2S. The van der Waals surface area contributed by atoms with Crippen LogP contribution in [0.5, 0.6) is 0 Å². The van der Waals surface area contributed by atoms with Gasteiger partial charge in [-0.3, -0.25) is 14.8 Å². The highest BCUT2D eigenvalue weighted by atomic mass is 32.1. The summed E-state index contributed by atoms with van der Waals surface area (Å²) in [5, 5.41) is 16.6. The average Bonchev–Trinajstić information content (AvgIpc) is 3.65. The van der Waals surface area contributed by atoms with Gasteiger partial charge in [0, 0.05) is 60.5 Å². The van der Waals surface area contributed by atoms with Gasteiger partial charge in [0.2, 0.25) is 0 Å². The number of nitrogens with one attached hydrogen (secondary N) is 2. The maximum atomic E-state index is 13.1. The smallest absolute Gasteiger partial charge is 0.261 e. The Hall–Kier alpha value is -3.08. The summed E-state index contributed by atoms with van der Waals surface area (Å²) in [4.78, 5) is 20.9. The van der Waals surface area contributed by atoms with Crippen LogP contribution in [0.1, 0.15) is 28.9 Å². The number of aromatic nitrogens is 5. The lowest BCUT2D eigenvalue weighted by Crippen LogP contribution is -2.52. The van der Waals surface area contributed by atoms with E-state index in [4.69, 9.17) is 4.74 Å². The van der Waals surface area contributed by atoms with Gasteiger partial charge in [-0.05, 0) is 36.3 Å². The normalized spacial score (nSPS) is 21.6. The van der Waals surface area contributed by atoms with Crippen molar-refractivity contribution >= 4 is 22.9 Å². The summed E-state index contributed by atoms with van der Waals surface area (Å²) in [6.45, 7) is 3.46. The van der Waals surface area contributed by atoms with Crippen LogP contribution >= 0.6 is 11.3 Å². The van der Waals surface area contributed by atoms with Crippen molar-refractivity contribution in [2.24, 2.45) is 0 Å². The van der Waals surface area contributed by atoms with E-state index in [2.05, 4.69) is 30.5 Å². The first-order chi connectivity index (χ1) is 16.3. The van der Waals surface area contributed by atoms with E-state index in [0.29, 0.717) is 10.9 Å². The van der Waals surface area contributed by atoms with Gasteiger partial charge in [-0.2, -0.15) is 10.2 Å². The number of ether oxygens (including phenoxy) is 1. The fourth-order valence-electron chi connectivity index (χ4n) is 4.93. The SMILES string of the molecule is O=C(NC1CCCC1N1CCOCC1)c1cc(-c2cnn3cc(-c4cn[nH]c4)cnc23)cs1. The molecule has 1 aliphatic carbocycles. The van der Waals surface area contributed by atoms with Gasteiger partial charge in [0.25, 0.3) is 5.91 Å². The number of rotatable bonds is 5. The molecule has 0 radical (unpaired) electrons. The zero-order chi connectivity index (χ0) is 22.2. The molecule has 2 fully saturated rings. The summed E-state index contributed by atoms with van der Waals surface area (Å²) in [6, 6.07) is 2.55. The molecule has 6 rings (SSSR count). The van der Waals surface area contributed by atoms with Crippen molar-refractivity contribution in [2.75, 3.05) is 26.3 Å². The van der Waals surface area contributed by atoms with Crippen molar-refractivity contribution < 1.29 is 9.53 Å². The Kier molecular flexibility index (Phi) is 5.41. The highest BCUT2D eigenvalue weighted by Gasteiger charge is 2.34. The second-order valence-corrected chi connectivity index (χ2v) is 9.49. The summed E-state index contributed by atoms with van der Waals surface area (Å²) in [5.41, 5.74) is 4.52. The molecule has 0 aromatic carbocycles. The largest absolute Gasteiger partial charge is 0.379 e. The van der Waals surface area contributed by atoms with Crippen molar-refractivity contribution in [3.05, 3.63) is 47.3 Å². The molecule has 4 aromatic rings. The van der Waals surface area contributed by atoms with Crippen molar-refractivity contribution in [1.82, 2.24) is 35.0 Å². The highest BCUT2D eigenvalue weighted by Crippen LogP contribution is 2.30. The number of nitrogens with zero attached hydrogens (tertiary/aromatic N) is 5. The maximum Gasteiger partial charge on any atom is 0.261 e. The molecule has 5 heterocycles. The van der Waals surface area contributed by atoms with Gasteiger partial charge in [-0.15, -0.1) is 11.3 Å². The summed E-state index contributed by atoms with van der Waals surface area (Å²) in [6.07, 6.45) is 12.4. The molecule has 170 valence electrons. The summed E-state index contributed by atoms with van der Waals surface area (Å²) >= 11 is 1.46. The second-order valence-electron chi connectivity index (χ2n) is 8.58. The minimum atomic E-state index is 0.00286. The minimum Gasteiger partial charge on any atom is -0.379 e. The third-order valence-corrected chi connectivity index (χ3v) is 7.56. The Morgan fingerprint density at radius 1 is 1.15 bits per heavy atom. The molecular weight excluding hydrogens is 438 g/mol. The van der Waals surface area contributed by atoms with Gasteiger partial charge in [0.1, 0.15) is 0 Å². The molecule has 2 aliphatic rings. The Balaban J connectivity index is 1.19. The van der Waals surface area contributed by atoms with Crippen LogP contribution in [0.3, 0.4) is 0 Å². The van der Waals surface area contributed by atoms with Crippen LogP contribution < -0.4 is 5.32 Å². The summed E-state index contributed by atoms with van der Waals surface area (Å²) in [5.74, 6) is 0.00286. The van der Waals surface area contributed by atoms with E-state index >= 15 is 0 Å². The van der Waals surface area contributed by atoms with Crippen LogP contribution in [0.4, 0.5) is 0 Å². The minimum absolute atomic E-state index is 0.00286. The van der Waals surface area contributed by atoms with Gasteiger partial charge in [-0.1, -0.05) is 0 Å². The third-order valence-electron chi connectivity index (χ3n) is 6.63.